The second-order valence-corrected chi connectivity index (χ2v) is 5.10. The van der Waals surface area contributed by atoms with Gasteiger partial charge in [0.25, 0.3) is 0 Å². The molecule has 0 spiro atoms. The maximum absolute atomic E-state index is 12.8. The van der Waals surface area contributed by atoms with Gasteiger partial charge in [-0.15, -0.1) is 0 Å². The van der Waals surface area contributed by atoms with Crippen molar-refractivity contribution in [1.82, 2.24) is 5.32 Å². The molecule has 1 N–H and O–H groups in total. The van der Waals surface area contributed by atoms with Crippen LogP contribution in [0.15, 0.2) is 48.5 Å². The topological polar surface area (TPSA) is 29.1 Å². The highest BCUT2D eigenvalue weighted by molar-refractivity contribution is 5.76. The Kier molecular flexibility index (Phi) is 5.36. The maximum Gasteiger partial charge on any atom is 0.416 e. The highest BCUT2D eigenvalue weighted by atomic mass is 19.4. The molecule has 0 bridgehead atoms. The molecule has 2 nitrogen and oxygen atoms in total. The molecule has 0 radical (unpaired) electrons. The zero-order valence-corrected chi connectivity index (χ0v) is 12.2. The van der Waals surface area contributed by atoms with Crippen LogP contribution in [0.25, 0.3) is 0 Å². The van der Waals surface area contributed by atoms with Gasteiger partial charge in [-0.3, -0.25) is 4.79 Å². The Labute approximate surface area is 131 Å². The number of alkyl halides is 3. The van der Waals surface area contributed by atoms with Crippen molar-refractivity contribution in [2.24, 2.45) is 0 Å². The molecule has 2 aromatic rings. The summed E-state index contributed by atoms with van der Waals surface area (Å²) < 4.78 is 50.5. The molecule has 2 rings (SSSR count). The van der Waals surface area contributed by atoms with Crippen molar-refractivity contribution >= 4 is 5.91 Å². The minimum Gasteiger partial charge on any atom is -0.352 e. The zero-order valence-electron chi connectivity index (χ0n) is 12.2. The fraction of sp³-hybridized carbons (Fsp3) is 0.235. The largest absolute Gasteiger partial charge is 0.416 e. The van der Waals surface area contributed by atoms with Crippen LogP contribution in [0.5, 0.6) is 0 Å². The summed E-state index contributed by atoms with van der Waals surface area (Å²) in [4.78, 5) is 11.7. The van der Waals surface area contributed by atoms with Crippen LogP contribution in [0, 0.1) is 5.82 Å². The highest BCUT2D eigenvalue weighted by Crippen LogP contribution is 2.29. The molecule has 0 unspecified atom stereocenters. The summed E-state index contributed by atoms with van der Waals surface area (Å²) in [5, 5.41) is 2.58. The van der Waals surface area contributed by atoms with Gasteiger partial charge in [0.05, 0.1) is 5.56 Å². The summed E-state index contributed by atoms with van der Waals surface area (Å²) in [6, 6.07) is 10.6. The summed E-state index contributed by atoms with van der Waals surface area (Å²) in [6.07, 6.45) is -3.78. The minimum atomic E-state index is -4.40. The highest BCUT2D eigenvalue weighted by Gasteiger charge is 2.30. The van der Waals surface area contributed by atoms with Crippen molar-refractivity contribution < 1.29 is 22.4 Å². The summed E-state index contributed by atoms with van der Waals surface area (Å²) in [7, 11) is 0. The van der Waals surface area contributed by atoms with E-state index in [-0.39, 0.29) is 24.7 Å². The van der Waals surface area contributed by atoms with Crippen LogP contribution in [0.1, 0.15) is 23.1 Å². The van der Waals surface area contributed by atoms with E-state index in [1.807, 2.05) is 0 Å². The average Bonchev–Trinajstić information content (AvgIpc) is 2.52. The molecule has 0 atom stereocenters. The van der Waals surface area contributed by atoms with E-state index < -0.39 is 11.7 Å². The smallest absolute Gasteiger partial charge is 0.352 e. The molecule has 122 valence electrons. The van der Waals surface area contributed by atoms with Gasteiger partial charge < -0.3 is 5.32 Å². The van der Waals surface area contributed by atoms with Gasteiger partial charge in [0.15, 0.2) is 0 Å². The van der Waals surface area contributed by atoms with Crippen molar-refractivity contribution in [3.8, 4) is 0 Å². The van der Waals surface area contributed by atoms with E-state index in [4.69, 9.17) is 0 Å². The lowest BCUT2D eigenvalue weighted by Gasteiger charge is -2.09. The molecular formula is C17H15F4NO. The second kappa shape index (κ2) is 7.26. The predicted octanol–water partition coefficient (Wildman–Crippen LogP) is 4.09. The van der Waals surface area contributed by atoms with Crippen LogP contribution in [-0.4, -0.2) is 5.91 Å². The van der Waals surface area contributed by atoms with E-state index in [0.29, 0.717) is 12.0 Å². The van der Waals surface area contributed by atoms with E-state index >= 15 is 0 Å². The van der Waals surface area contributed by atoms with Crippen LogP contribution in [0.2, 0.25) is 0 Å². The fourth-order valence-corrected chi connectivity index (χ4v) is 2.06. The lowest BCUT2D eigenvalue weighted by atomic mass is 10.1. The first-order chi connectivity index (χ1) is 10.8. The normalized spacial score (nSPS) is 11.3. The summed E-state index contributed by atoms with van der Waals surface area (Å²) in [5.74, 6) is -0.616. The number of carbonyl (C=O) groups excluding carboxylic acids is 1. The van der Waals surface area contributed by atoms with E-state index in [9.17, 15) is 22.4 Å². The van der Waals surface area contributed by atoms with Gasteiger partial charge in [-0.1, -0.05) is 24.3 Å². The number of benzene rings is 2. The van der Waals surface area contributed by atoms with E-state index in [0.717, 1.165) is 17.7 Å². The van der Waals surface area contributed by atoms with Gasteiger partial charge in [0.2, 0.25) is 5.91 Å². The Hall–Kier alpha value is -2.37. The molecule has 0 heterocycles. The van der Waals surface area contributed by atoms with Crippen molar-refractivity contribution in [3.63, 3.8) is 0 Å². The van der Waals surface area contributed by atoms with Crippen LogP contribution in [-0.2, 0) is 23.9 Å². The Morgan fingerprint density at radius 2 is 1.70 bits per heavy atom. The van der Waals surface area contributed by atoms with E-state index in [1.54, 1.807) is 12.1 Å². The molecule has 1 amide bonds. The van der Waals surface area contributed by atoms with Gasteiger partial charge in [0, 0.05) is 13.0 Å². The standard InChI is InChI=1S/C17H15F4NO/c18-15-7-4-12(5-8-15)6-9-16(23)22-11-13-2-1-3-14(10-13)17(19,20)21/h1-5,7-8,10H,6,9,11H2,(H,22,23). The van der Waals surface area contributed by atoms with Crippen LogP contribution in [0.3, 0.4) is 0 Å². The van der Waals surface area contributed by atoms with Crippen LogP contribution >= 0.6 is 0 Å². The van der Waals surface area contributed by atoms with E-state index in [1.165, 1.54) is 24.3 Å². The van der Waals surface area contributed by atoms with Crippen molar-refractivity contribution in [1.29, 1.82) is 0 Å². The Bertz CT molecular complexity index is 665. The van der Waals surface area contributed by atoms with Gasteiger partial charge in [0.1, 0.15) is 5.82 Å². The Balaban J connectivity index is 1.83. The molecule has 23 heavy (non-hydrogen) atoms. The molecule has 0 aliphatic heterocycles. The number of aryl methyl sites for hydroxylation is 1. The number of nitrogens with one attached hydrogen (secondary N) is 1. The van der Waals surface area contributed by atoms with Crippen molar-refractivity contribution in [2.45, 2.75) is 25.6 Å². The Morgan fingerprint density at radius 1 is 1.00 bits per heavy atom. The first-order valence-corrected chi connectivity index (χ1v) is 7.02. The van der Waals surface area contributed by atoms with Crippen LogP contribution in [0.4, 0.5) is 17.6 Å². The lowest BCUT2D eigenvalue weighted by Crippen LogP contribution is -2.23. The summed E-state index contributed by atoms with van der Waals surface area (Å²) in [5.41, 5.74) is 0.464. The van der Waals surface area contributed by atoms with Gasteiger partial charge >= 0.3 is 6.18 Å². The number of rotatable bonds is 5. The maximum atomic E-state index is 12.8. The second-order valence-electron chi connectivity index (χ2n) is 5.10. The van der Waals surface area contributed by atoms with Gasteiger partial charge in [-0.05, 0) is 41.8 Å². The number of amides is 1. The van der Waals surface area contributed by atoms with Gasteiger partial charge in [-0.25, -0.2) is 4.39 Å². The quantitative estimate of drug-likeness (QED) is 0.824. The molecule has 0 aliphatic carbocycles. The third-order valence-corrected chi connectivity index (χ3v) is 3.30. The number of carbonyl (C=O) groups is 1. The van der Waals surface area contributed by atoms with Gasteiger partial charge in [-0.2, -0.15) is 13.2 Å². The number of hydrogen-bond acceptors (Lipinski definition) is 1. The predicted molar refractivity (Wildman–Crippen MR) is 78.0 cm³/mol. The molecule has 6 heteroatoms. The number of hydrogen-bond donors (Lipinski definition) is 1. The third kappa shape index (κ3) is 5.39. The zero-order chi connectivity index (χ0) is 16.9. The van der Waals surface area contributed by atoms with E-state index in [2.05, 4.69) is 5.32 Å². The molecule has 0 saturated carbocycles. The third-order valence-electron chi connectivity index (χ3n) is 3.30. The average molecular weight is 325 g/mol. The molecule has 0 aromatic heterocycles. The summed E-state index contributed by atoms with van der Waals surface area (Å²) >= 11 is 0. The first kappa shape index (κ1) is 17.0. The Morgan fingerprint density at radius 3 is 2.35 bits per heavy atom. The van der Waals surface area contributed by atoms with Crippen LogP contribution < -0.4 is 5.32 Å². The SMILES string of the molecule is O=C(CCc1ccc(F)cc1)NCc1cccc(C(F)(F)F)c1. The molecule has 0 aliphatic rings. The van der Waals surface area contributed by atoms with Crippen molar-refractivity contribution in [2.75, 3.05) is 0 Å². The van der Waals surface area contributed by atoms with Crippen molar-refractivity contribution in [3.05, 3.63) is 71.0 Å². The molecular weight excluding hydrogens is 310 g/mol. The first-order valence-electron chi connectivity index (χ1n) is 7.02. The lowest BCUT2D eigenvalue weighted by molar-refractivity contribution is -0.137. The molecule has 0 saturated heterocycles. The summed E-state index contributed by atoms with van der Waals surface area (Å²) in [6.45, 7) is 0.0339. The minimum absolute atomic E-state index is 0.0339. The molecule has 0 fully saturated rings. The number of halogens is 4. The molecule has 2 aromatic carbocycles. The fourth-order valence-electron chi connectivity index (χ4n) is 2.06. The monoisotopic (exact) mass is 325 g/mol.